The third-order valence-corrected chi connectivity index (χ3v) is 2.12. The second kappa shape index (κ2) is 4.72. The smallest absolute Gasteiger partial charge is 0.234 e. The first-order valence-electron chi connectivity index (χ1n) is 4.54. The van der Waals surface area contributed by atoms with Crippen LogP contribution in [-0.2, 0) is 11.3 Å². The number of rotatable bonds is 4. The molecule has 0 saturated carbocycles. The Morgan fingerprint density at radius 1 is 1.71 bits per heavy atom. The summed E-state index contributed by atoms with van der Waals surface area (Å²) in [6.07, 6.45) is 1.74. The maximum absolute atomic E-state index is 10.7. The van der Waals surface area contributed by atoms with Crippen LogP contribution in [0, 0.1) is 6.92 Å². The first-order valence-corrected chi connectivity index (χ1v) is 4.54. The van der Waals surface area contributed by atoms with Crippen LogP contribution in [0.5, 0.6) is 0 Å². The third-order valence-electron chi connectivity index (χ3n) is 2.12. The maximum atomic E-state index is 10.7. The molecule has 4 nitrogen and oxygen atoms in total. The Kier molecular flexibility index (Phi) is 3.59. The lowest BCUT2D eigenvalue weighted by Gasteiger charge is -2.10. The summed E-state index contributed by atoms with van der Waals surface area (Å²) in [4.78, 5) is 14.9. The number of nitrogens with one attached hydrogen (secondary N) is 1. The van der Waals surface area contributed by atoms with E-state index < -0.39 is 0 Å². The van der Waals surface area contributed by atoms with Gasteiger partial charge in [0.1, 0.15) is 0 Å². The molecule has 0 aliphatic rings. The molecular weight excluding hydrogens is 178 g/mol. The molecule has 76 valence electrons. The first kappa shape index (κ1) is 10.7. The summed E-state index contributed by atoms with van der Waals surface area (Å²) in [6.45, 7) is 4.29. The maximum Gasteiger partial charge on any atom is 0.234 e. The zero-order valence-electron chi connectivity index (χ0n) is 8.45. The third kappa shape index (κ3) is 2.81. The summed E-state index contributed by atoms with van der Waals surface area (Å²) < 4.78 is 0. The van der Waals surface area contributed by atoms with Gasteiger partial charge in [-0.2, -0.15) is 0 Å². The fourth-order valence-electron chi connectivity index (χ4n) is 1.05. The van der Waals surface area contributed by atoms with Gasteiger partial charge in [-0.3, -0.25) is 9.78 Å². The number of carbonyl (C=O) groups excluding carboxylic acids is 1. The predicted molar refractivity (Wildman–Crippen MR) is 54.5 cm³/mol. The number of aromatic nitrogens is 1. The molecule has 0 bridgehead atoms. The molecular formula is C10H15N3O. The second-order valence-electron chi connectivity index (χ2n) is 3.27. The fraction of sp³-hybridized carbons (Fsp3) is 0.400. The van der Waals surface area contributed by atoms with Crippen molar-refractivity contribution in [3.05, 3.63) is 29.6 Å². The lowest BCUT2D eigenvalue weighted by Crippen LogP contribution is -2.38. The summed E-state index contributed by atoms with van der Waals surface area (Å²) in [5, 5.41) is 3.00. The summed E-state index contributed by atoms with van der Waals surface area (Å²) in [7, 11) is 0. The highest BCUT2D eigenvalue weighted by Crippen LogP contribution is 2.02. The Balaban J connectivity index is 2.54. The summed E-state index contributed by atoms with van der Waals surface area (Å²) in [5.41, 5.74) is 7.17. The molecule has 4 heteroatoms. The predicted octanol–water partition coefficient (Wildman–Crippen LogP) is 0.353. The highest BCUT2D eigenvalue weighted by Gasteiger charge is 2.07. The van der Waals surface area contributed by atoms with E-state index in [1.54, 1.807) is 13.1 Å². The minimum Gasteiger partial charge on any atom is -0.368 e. The van der Waals surface area contributed by atoms with Crippen molar-refractivity contribution in [1.82, 2.24) is 10.3 Å². The summed E-state index contributed by atoms with van der Waals surface area (Å²) in [6, 6.07) is 3.55. The van der Waals surface area contributed by atoms with Gasteiger partial charge >= 0.3 is 0 Å². The minimum atomic E-state index is -0.349. The number of nitrogens with two attached hydrogens (primary N) is 1. The van der Waals surface area contributed by atoms with E-state index in [0.29, 0.717) is 6.54 Å². The molecule has 0 saturated heterocycles. The Bertz CT molecular complexity index is 325. The van der Waals surface area contributed by atoms with Gasteiger partial charge in [0.05, 0.1) is 11.7 Å². The Morgan fingerprint density at radius 2 is 2.43 bits per heavy atom. The van der Waals surface area contributed by atoms with Gasteiger partial charge < -0.3 is 11.1 Å². The molecule has 3 N–H and O–H groups in total. The minimum absolute atomic E-state index is 0.323. The van der Waals surface area contributed by atoms with Crippen LogP contribution < -0.4 is 11.1 Å². The van der Waals surface area contributed by atoms with Gasteiger partial charge in [-0.15, -0.1) is 0 Å². The average molecular weight is 193 g/mol. The van der Waals surface area contributed by atoms with Crippen molar-refractivity contribution in [2.45, 2.75) is 26.4 Å². The molecule has 1 aromatic heterocycles. The normalized spacial score (nSPS) is 12.4. The Morgan fingerprint density at radius 3 is 3.00 bits per heavy atom. The number of aryl methyl sites for hydroxylation is 1. The van der Waals surface area contributed by atoms with Crippen molar-refractivity contribution in [2.24, 2.45) is 5.73 Å². The first-order chi connectivity index (χ1) is 6.61. The molecule has 1 heterocycles. The largest absolute Gasteiger partial charge is 0.368 e. The van der Waals surface area contributed by atoms with Crippen LogP contribution in [0.4, 0.5) is 0 Å². The van der Waals surface area contributed by atoms with E-state index in [2.05, 4.69) is 10.3 Å². The Hall–Kier alpha value is -1.42. The highest BCUT2D eigenvalue weighted by molar-refractivity contribution is 5.79. The zero-order valence-corrected chi connectivity index (χ0v) is 8.45. The van der Waals surface area contributed by atoms with Gasteiger partial charge in [0.25, 0.3) is 0 Å². The van der Waals surface area contributed by atoms with E-state index in [9.17, 15) is 4.79 Å². The second-order valence-corrected chi connectivity index (χ2v) is 3.27. The van der Waals surface area contributed by atoms with Gasteiger partial charge in [0.2, 0.25) is 5.91 Å². The molecule has 0 aromatic carbocycles. The Labute approximate surface area is 83.5 Å². The SMILES string of the molecule is Cc1cccnc1CNC(C)C(N)=O. The van der Waals surface area contributed by atoms with Crippen molar-refractivity contribution in [3.63, 3.8) is 0 Å². The van der Waals surface area contributed by atoms with Crippen LogP contribution in [0.3, 0.4) is 0 Å². The monoisotopic (exact) mass is 193 g/mol. The number of primary amides is 1. The number of hydrogen-bond acceptors (Lipinski definition) is 3. The van der Waals surface area contributed by atoms with E-state index >= 15 is 0 Å². The molecule has 0 spiro atoms. The van der Waals surface area contributed by atoms with Gasteiger partial charge in [-0.25, -0.2) is 0 Å². The molecule has 14 heavy (non-hydrogen) atoms. The van der Waals surface area contributed by atoms with Crippen molar-refractivity contribution in [3.8, 4) is 0 Å². The number of pyridine rings is 1. The zero-order chi connectivity index (χ0) is 10.6. The van der Waals surface area contributed by atoms with Crippen LogP contribution in [0.15, 0.2) is 18.3 Å². The molecule has 0 aliphatic heterocycles. The highest BCUT2D eigenvalue weighted by atomic mass is 16.1. The van der Waals surface area contributed by atoms with E-state index in [0.717, 1.165) is 11.3 Å². The summed E-state index contributed by atoms with van der Waals surface area (Å²) in [5.74, 6) is -0.349. The molecule has 1 aromatic rings. The van der Waals surface area contributed by atoms with Crippen LogP contribution in [0.1, 0.15) is 18.2 Å². The van der Waals surface area contributed by atoms with Gasteiger partial charge in [-0.1, -0.05) is 6.07 Å². The van der Waals surface area contributed by atoms with Crippen LogP contribution in [0.2, 0.25) is 0 Å². The van der Waals surface area contributed by atoms with Crippen LogP contribution in [0.25, 0.3) is 0 Å². The molecule has 1 atom stereocenters. The molecule has 1 unspecified atom stereocenters. The number of amides is 1. The molecule has 0 radical (unpaired) electrons. The molecule has 0 aliphatic carbocycles. The van der Waals surface area contributed by atoms with E-state index in [4.69, 9.17) is 5.73 Å². The number of nitrogens with zero attached hydrogens (tertiary/aromatic N) is 1. The molecule has 0 fully saturated rings. The quantitative estimate of drug-likeness (QED) is 0.725. The topological polar surface area (TPSA) is 68.0 Å². The van der Waals surface area contributed by atoms with Crippen molar-refractivity contribution >= 4 is 5.91 Å². The van der Waals surface area contributed by atoms with Gasteiger partial charge in [0, 0.05) is 12.7 Å². The van der Waals surface area contributed by atoms with Crippen molar-refractivity contribution in [2.75, 3.05) is 0 Å². The van der Waals surface area contributed by atoms with E-state index in [-0.39, 0.29) is 11.9 Å². The van der Waals surface area contributed by atoms with Crippen molar-refractivity contribution < 1.29 is 4.79 Å². The molecule has 1 amide bonds. The van der Waals surface area contributed by atoms with Gasteiger partial charge in [-0.05, 0) is 25.5 Å². The van der Waals surface area contributed by atoms with Crippen molar-refractivity contribution in [1.29, 1.82) is 0 Å². The van der Waals surface area contributed by atoms with Gasteiger partial charge in [0.15, 0.2) is 0 Å². The lowest BCUT2D eigenvalue weighted by molar-refractivity contribution is -0.119. The van der Waals surface area contributed by atoms with Crippen LogP contribution >= 0.6 is 0 Å². The fourth-order valence-corrected chi connectivity index (χ4v) is 1.05. The number of carbonyl (C=O) groups is 1. The van der Waals surface area contributed by atoms with E-state index in [1.165, 1.54) is 0 Å². The standard InChI is InChI=1S/C10H15N3O/c1-7-4-3-5-12-9(7)6-13-8(2)10(11)14/h3-5,8,13H,6H2,1-2H3,(H2,11,14). The molecule has 1 rings (SSSR count). The lowest BCUT2D eigenvalue weighted by atomic mass is 10.2. The van der Waals surface area contributed by atoms with Crippen LogP contribution in [-0.4, -0.2) is 16.9 Å². The average Bonchev–Trinajstić information content (AvgIpc) is 2.16. The number of hydrogen-bond donors (Lipinski definition) is 2. The summed E-state index contributed by atoms with van der Waals surface area (Å²) >= 11 is 0. The van der Waals surface area contributed by atoms with E-state index in [1.807, 2.05) is 19.1 Å².